The van der Waals surface area contributed by atoms with Crippen LogP contribution in [0.5, 0.6) is 0 Å². The molecule has 0 spiro atoms. The number of hydrogen-bond acceptors (Lipinski definition) is 5. The predicted molar refractivity (Wildman–Crippen MR) is 74.6 cm³/mol. The van der Waals surface area contributed by atoms with Crippen molar-refractivity contribution in [3.05, 3.63) is 23.8 Å². The third-order valence-electron chi connectivity index (χ3n) is 2.49. The summed E-state index contributed by atoms with van der Waals surface area (Å²) in [5.74, 6) is -1.20. The first-order valence-electron chi connectivity index (χ1n) is 6.02. The molecule has 0 unspecified atom stereocenters. The molecule has 0 radical (unpaired) electrons. The number of hydrogen-bond donors (Lipinski definition) is 3. The van der Waals surface area contributed by atoms with E-state index in [1.165, 1.54) is 19.2 Å². The average molecular weight is 302 g/mol. The fourth-order valence-corrected chi connectivity index (χ4v) is 2.65. The Morgan fingerprint density at radius 2 is 2.10 bits per heavy atom. The molecular formula is C12H18N2O5S. The van der Waals surface area contributed by atoms with E-state index in [2.05, 4.69) is 10.0 Å². The summed E-state index contributed by atoms with van der Waals surface area (Å²) < 4.78 is 30.8. The number of carboxylic acid groups (broad SMARTS) is 1. The minimum Gasteiger partial charge on any atom is -0.478 e. The molecule has 0 aromatic heterocycles. The zero-order valence-corrected chi connectivity index (χ0v) is 12.2. The number of ether oxygens (including phenoxy) is 1. The first-order valence-corrected chi connectivity index (χ1v) is 7.50. The molecule has 0 amide bonds. The SMILES string of the molecule is CCNS(=O)(=O)c1ccc(NCCOC)c(C(=O)O)c1. The third kappa shape index (κ3) is 4.19. The quantitative estimate of drug-likeness (QED) is 0.612. The topological polar surface area (TPSA) is 105 Å². The Kier molecular flexibility index (Phi) is 5.93. The smallest absolute Gasteiger partial charge is 0.337 e. The fourth-order valence-electron chi connectivity index (χ4n) is 1.58. The molecule has 20 heavy (non-hydrogen) atoms. The molecule has 112 valence electrons. The fraction of sp³-hybridized carbons (Fsp3) is 0.417. The molecule has 1 aromatic carbocycles. The van der Waals surface area contributed by atoms with Crippen LogP contribution in [0.3, 0.4) is 0 Å². The maximum absolute atomic E-state index is 11.8. The van der Waals surface area contributed by atoms with Crippen molar-refractivity contribution in [1.82, 2.24) is 4.72 Å². The maximum Gasteiger partial charge on any atom is 0.337 e. The van der Waals surface area contributed by atoms with Crippen LogP contribution >= 0.6 is 0 Å². The monoisotopic (exact) mass is 302 g/mol. The Morgan fingerprint density at radius 3 is 2.65 bits per heavy atom. The van der Waals surface area contributed by atoms with Gasteiger partial charge in [-0.2, -0.15) is 0 Å². The number of anilines is 1. The summed E-state index contributed by atoms with van der Waals surface area (Å²) in [4.78, 5) is 11.1. The summed E-state index contributed by atoms with van der Waals surface area (Å²) in [6.45, 7) is 2.72. The molecule has 0 bridgehead atoms. The van der Waals surface area contributed by atoms with Crippen molar-refractivity contribution in [3.63, 3.8) is 0 Å². The van der Waals surface area contributed by atoms with Gasteiger partial charge in [0.05, 0.1) is 17.1 Å². The lowest BCUT2D eigenvalue weighted by Gasteiger charge is -2.11. The molecule has 0 fully saturated rings. The van der Waals surface area contributed by atoms with Crippen molar-refractivity contribution < 1.29 is 23.1 Å². The van der Waals surface area contributed by atoms with Gasteiger partial charge in [-0.05, 0) is 18.2 Å². The van der Waals surface area contributed by atoms with Crippen molar-refractivity contribution in [2.45, 2.75) is 11.8 Å². The molecule has 0 saturated carbocycles. The average Bonchev–Trinajstić information content (AvgIpc) is 2.38. The molecule has 0 heterocycles. The van der Waals surface area contributed by atoms with Gasteiger partial charge in [0.1, 0.15) is 0 Å². The molecule has 1 aromatic rings. The van der Waals surface area contributed by atoms with Crippen LogP contribution in [0.25, 0.3) is 0 Å². The van der Waals surface area contributed by atoms with Crippen LogP contribution in [-0.4, -0.2) is 46.3 Å². The van der Waals surface area contributed by atoms with E-state index >= 15 is 0 Å². The zero-order chi connectivity index (χ0) is 15.2. The van der Waals surface area contributed by atoms with Crippen molar-refractivity contribution in [3.8, 4) is 0 Å². The van der Waals surface area contributed by atoms with Gasteiger partial charge < -0.3 is 15.2 Å². The molecule has 0 aliphatic carbocycles. The Labute approximate surface area is 118 Å². The van der Waals surface area contributed by atoms with Gasteiger partial charge in [0.25, 0.3) is 0 Å². The Balaban J connectivity index is 3.10. The van der Waals surface area contributed by atoms with E-state index in [1.807, 2.05) is 0 Å². The number of sulfonamides is 1. The lowest BCUT2D eigenvalue weighted by atomic mass is 10.2. The summed E-state index contributed by atoms with van der Waals surface area (Å²) in [5.41, 5.74) is 0.255. The van der Waals surface area contributed by atoms with E-state index in [-0.39, 0.29) is 17.0 Å². The highest BCUT2D eigenvalue weighted by Crippen LogP contribution is 2.20. The Morgan fingerprint density at radius 1 is 1.40 bits per heavy atom. The van der Waals surface area contributed by atoms with E-state index in [0.29, 0.717) is 18.8 Å². The van der Waals surface area contributed by atoms with Crippen LogP contribution < -0.4 is 10.0 Å². The number of methoxy groups -OCH3 is 1. The molecule has 0 saturated heterocycles. The largest absolute Gasteiger partial charge is 0.478 e. The molecule has 8 heteroatoms. The lowest BCUT2D eigenvalue weighted by Crippen LogP contribution is -2.23. The van der Waals surface area contributed by atoms with Gasteiger partial charge in [-0.3, -0.25) is 0 Å². The summed E-state index contributed by atoms with van der Waals surface area (Å²) in [6.07, 6.45) is 0. The summed E-state index contributed by atoms with van der Waals surface area (Å²) in [7, 11) is -2.14. The van der Waals surface area contributed by atoms with E-state index in [9.17, 15) is 13.2 Å². The number of rotatable bonds is 8. The number of carboxylic acids is 1. The lowest BCUT2D eigenvalue weighted by molar-refractivity contribution is 0.0697. The van der Waals surface area contributed by atoms with Crippen molar-refractivity contribution in [2.75, 3.05) is 32.1 Å². The highest BCUT2D eigenvalue weighted by molar-refractivity contribution is 7.89. The van der Waals surface area contributed by atoms with Gasteiger partial charge in [0, 0.05) is 25.9 Å². The first-order chi connectivity index (χ1) is 9.42. The first kappa shape index (κ1) is 16.4. The highest BCUT2D eigenvalue weighted by atomic mass is 32.2. The van der Waals surface area contributed by atoms with E-state index in [0.717, 1.165) is 6.07 Å². The normalized spacial score (nSPS) is 11.3. The van der Waals surface area contributed by atoms with Gasteiger partial charge in [0.15, 0.2) is 0 Å². The molecule has 0 atom stereocenters. The van der Waals surface area contributed by atoms with Crippen LogP contribution in [0.1, 0.15) is 17.3 Å². The van der Waals surface area contributed by atoms with Crippen LogP contribution in [0.15, 0.2) is 23.1 Å². The highest BCUT2D eigenvalue weighted by Gasteiger charge is 2.18. The molecule has 0 aliphatic heterocycles. The number of carbonyl (C=O) groups is 1. The molecule has 3 N–H and O–H groups in total. The van der Waals surface area contributed by atoms with Gasteiger partial charge in [-0.25, -0.2) is 17.9 Å². The second-order valence-corrected chi connectivity index (χ2v) is 5.70. The number of nitrogens with one attached hydrogen (secondary N) is 2. The minimum atomic E-state index is -3.67. The standard InChI is InChI=1S/C12H18N2O5S/c1-3-14-20(17,18)9-4-5-11(13-6-7-19-2)10(8-9)12(15)16/h4-5,8,13-14H,3,6-7H2,1-2H3,(H,15,16). The molecule has 7 nitrogen and oxygen atoms in total. The Hall–Kier alpha value is -1.64. The van der Waals surface area contributed by atoms with E-state index in [4.69, 9.17) is 9.84 Å². The number of benzene rings is 1. The van der Waals surface area contributed by atoms with E-state index in [1.54, 1.807) is 6.92 Å². The van der Waals surface area contributed by atoms with Gasteiger partial charge in [-0.1, -0.05) is 6.92 Å². The van der Waals surface area contributed by atoms with Crippen molar-refractivity contribution in [1.29, 1.82) is 0 Å². The molecule has 0 aliphatic rings. The van der Waals surface area contributed by atoms with Crippen molar-refractivity contribution >= 4 is 21.7 Å². The number of aromatic carboxylic acids is 1. The summed E-state index contributed by atoms with van der Waals surface area (Å²) >= 11 is 0. The van der Waals surface area contributed by atoms with Gasteiger partial charge in [0.2, 0.25) is 10.0 Å². The van der Waals surface area contributed by atoms with Crippen molar-refractivity contribution in [2.24, 2.45) is 0 Å². The predicted octanol–water partition coefficient (Wildman–Crippen LogP) is 0.741. The summed E-state index contributed by atoms with van der Waals surface area (Å²) in [5, 5.41) is 12.0. The van der Waals surface area contributed by atoms with Gasteiger partial charge >= 0.3 is 5.97 Å². The second kappa shape index (κ2) is 7.22. The maximum atomic E-state index is 11.8. The zero-order valence-electron chi connectivity index (χ0n) is 11.3. The molecular weight excluding hydrogens is 284 g/mol. The molecule has 1 rings (SSSR count). The third-order valence-corrected chi connectivity index (χ3v) is 4.03. The van der Waals surface area contributed by atoms with Crippen LogP contribution in [-0.2, 0) is 14.8 Å². The van der Waals surface area contributed by atoms with Gasteiger partial charge in [-0.15, -0.1) is 0 Å². The minimum absolute atomic E-state index is 0.0750. The van der Waals surface area contributed by atoms with Crippen LogP contribution in [0.2, 0.25) is 0 Å². The second-order valence-electron chi connectivity index (χ2n) is 3.93. The Bertz CT molecular complexity index is 571. The van der Waals surface area contributed by atoms with Crippen LogP contribution in [0.4, 0.5) is 5.69 Å². The van der Waals surface area contributed by atoms with Crippen LogP contribution in [0, 0.1) is 0 Å². The summed E-state index contributed by atoms with van der Waals surface area (Å²) in [6, 6.07) is 3.93. The van der Waals surface area contributed by atoms with E-state index < -0.39 is 16.0 Å².